The van der Waals surface area contributed by atoms with Crippen LogP contribution in [0.5, 0.6) is 0 Å². The number of nitrogens with one attached hydrogen (secondary N) is 1. The maximum Gasteiger partial charge on any atom is 0.123 e. The number of hydrogen-bond donors (Lipinski definition) is 1. The molecule has 1 N–H and O–H groups in total. The summed E-state index contributed by atoms with van der Waals surface area (Å²) >= 11 is 0. The van der Waals surface area contributed by atoms with Crippen LogP contribution >= 0.6 is 0 Å². The van der Waals surface area contributed by atoms with Crippen LogP contribution < -0.4 is 5.32 Å². The molecule has 1 heterocycles. The summed E-state index contributed by atoms with van der Waals surface area (Å²) in [5, 5.41) is 3.75. The molecule has 1 aliphatic heterocycles. The third kappa shape index (κ3) is 1.98. The fourth-order valence-corrected chi connectivity index (χ4v) is 4.04. The summed E-state index contributed by atoms with van der Waals surface area (Å²) < 4.78 is 13.2. The average molecular weight is 293 g/mol. The highest BCUT2D eigenvalue weighted by molar-refractivity contribution is 5.66. The van der Waals surface area contributed by atoms with Crippen LogP contribution in [0.25, 0.3) is 0 Å². The normalized spacial score (nSPS) is 25.5. The topological polar surface area (TPSA) is 12.0 Å². The van der Waals surface area contributed by atoms with E-state index >= 15 is 0 Å². The van der Waals surface area contributed by atoms with Gasteiger partial charge in [-0.2, -0.15) is 0 Å². The molecule has 0 amide bonds. The van der Waals surface area contributed by atoms with E-state index in [9.17, 15) is 4.39 Å². The van der Waals surface area contributed by atoms with Crippen molar-refractivity contribution >= 4 is 5.69 Å². The van der Waals surface area contributed by atoms with Gasteiger partial charge in [-0.25, -0.2) is 4.39 Å². The predicted octanol–water partition coefficient (Wildman–Crippen LogP) is 5.27. The fourth-order valence-electron chi connectivity index (χ4n) is 4.04. The van der Waals surface area contributed by atoms with Crippen LogP contribution in [0, 0.1) is 25.6 Å². The third-order valence-corrected chi connectivity index (χ3v) is 5.18. The zero-order valence-electron chi connectivity index (χ0n) is 12.9. The smallest absolute Gasteiger partial charge is 0.123 e. The maximum atomic E-state index is 13.2. The van der Waals surface area contributed by atoms with Gasteiger partial charge in [-0.15, -0.1) is 0 Å². The summed E-state index contributed by atoms with van der Waals surface area (Å²) in [5.41, 5.74) is 6.52. The van der Waals surface area contributed by atoms with E-state index in [4.69, 9.17) is 0 Å². The van der Waals surface area contributed by atoms with Crippen molar-refractivity contribution in [1.82, 2.24) is 0 Å². The Morgan fingerprint density at radius 1 is 1.00 bits per heavy atom. The van der Waals surface area contributed by atoms with Crippen molar-refractivity contribution in [1.29, 1.82) is 0 Å². The molecule has 0 aromatic heterocycles. The van der Waals surface area contributed by atoms with Gasteiger partial charge in [0.2, 0.25) is 0 Å². The second-order valence-electron chi connectivity index (χ2n) is 6.52. The molecule has 22 heavy (non-hydrogen) atoms. The number of fused-ring (bicyclic) bond motifs is 3. The lowest BCUT2D eigenvalue weighted by Crippen LogP contribution is -2.30. The van der Waals surface area contributed by atoms with Crippen molar-refractivity contribution in [3.05, 3.63) is 76.6 Å². The second kappa shape index (κ2) is 4.98. The van der Waals surface area contributed by atoms with Crippen molar-refractivity contribution in [2.75, 3.05) is 5.32 Å². The molecule has 0 saturated carbocycles. The van der Waals surface area contributed by atoms with Gasteiger partial charge in [0.15, 0.2) is 0 Å². The van der Waals surface area contributed by atoms with Gasteiger partial charge in [0.1, 0.15) is 5.82 Å². The Morgan fingerprint density at radius 3 is 2.50 bits per heavy atom. The van der Waals surface area contributed by atoms with Gasteiger partial charge in [-0.05, 0) is 60.6 Å². The molecule has 0 spiro atoms. The molecule has 2 aromatic carbocycles. The van der Waals surface area contributed by atoms with Gasteiger partial charge < -0.3 is 5.32 Å². The number of anilines is 1. The van der Waals surface area contributed by atoms with E-state index in [0.717, 1.165) is 6.42 Å². The largest absolute Gasteiger partial charge is 0.377 e. The molecule has 2 heteroatoms. The zero-order chi connectivity index (χ0) is 15.3. The molecule has 112 valence electrons. The van der Waals surface area contributed by atoms with Crippen LogP contribution in [0.3, 0.4) is 0 Å². The van der Waals surface area contributed by atoms with E-state index in [2.05, 4.69) is 43.4 Å². The number of halogens is 1. The second-order valence-corrected chi connectivity index (χ2v) is 6.52. The molecular weight excluding hydrogens is 273 g/mol. The van der Waals surface area contributed by atoms with Crippen molar-refractivity contribution in [3.8, 4) is 0 Å². The Kier molecular flexibility index (Phi) is 3.07. The first kappa shape index (κ1) is 13.6. The predicted molar refractivity (Wildman–Crippen MR) is 88.7 cm³/mol. The van der Waals surface area contributed by atoms with Gasteiger partial charge >= 0.3 is 0 Å². The van der Waals surface area contributed by atoms with E-state index in [1.807, 2.05) is 12.1 Å². The van der Waals surface area contributed by atoms with Crippen LogP contribution in [-0.4, -0.2) is 0 Å². The number of aryl methyl sites for hydroxylation is 2. The summed E-state index contributed by atoms with van der Waals surface area (Å²) in [6.45, 7) is 4.35. The molecule has 2 aromatic rings. The van der Waals surface area contributed by atoms with Gasteiger partial charge in [0.05, 0.1) is 6.04 Å². The molecule has 0 saturated heterocycles. The average Bonchev–Trinajstić information content (AvgIpc) is 3.00. The van der Waals surface area contributed by atoms with Gasteiger partial charge in [-0.1, -0.05) is 36.4 Å². The summed E-state index contributed by atoms with van der Waals surface area (Å²) in [6.07, 6.45) is 5.73. The highest BCUT2D eigenvalue weighted by Crippen LogP contribution is 2.51. The maximum absolute atomic E-state index is 13.2. The minimum absolute atomic E-state index is 0.173. The molecule has 1 nitrogen and oxygen atoms in total. The number of allylic oxidation sites excluding steroid dienone is 2. The third-order valence-electron chi connectivity index (χ3n) is 5.18. The molecule has 0 radical (unpaired) electrons. The SMILES string of the molecule is Cc1ccc(C)c2c1N[C@H](c1ccc(F)cc1)[C@@H]1CC=C[C@@H]21. The molecule has 0 unspecified atom stereocenters. The molecule has 4 rings (SSSR count). The van der Waals surface area contributed by atoms with E-state index in [1.165, 1.54) is 27.9 Å². The van der Waals surface area contributed by atoms with Gasteiger partial charge in [0, 0.05) is 11.6 Å². The Labute approximate surface area is 130 Å². The summed E-state index contributed by atoms with van der Waals surface area (Å²) in [4.78, 5) is 0. The van der Waals surface area contributed by atoms with E-state index in [0.29, 0.717) is 11.8 Å². The van der Waals surface area contributed by atoms with E-state index in [-0.39, 0.29) is 11.9 Å². The van der Waals surface area contributed by atoms with Crippen LogP contribution in [-0.2, 0) is 0 Å². The lowest BCUT2D eigenvalue weighted by atomic mass is 9.75. The van der Waals surface area contributed by atoms with Crippen molar-refractivity contribution in [2.24, 2.45) is 5.92 Å². The van der Waals surface area contributed by atoms with Crippen molar-refractivity contribution < 1.29 is 4.39 Å². The summed E-state index contributed by atoms with van der Waals surface area (Å²) in [7, 11) is 0. The summed E-state index contributed by atoms with van der Waals surface area (Å²) in [5.74, 6) is 0.803. The molecular formula is C20H20FN. The lowest BCUT2D eigenvalue weighted by Gasteiger charge is -2.39. The first-order valence-corrected chi connectivity index (χ1v) is 7.94. The van der Waals surface area contributed by atoms with Gasteiger partial charge in [0.25, 0.3) is 0 Å². The summed E-state index contributed by atoms with van der Waals surface area (Å²) in [6, 6.07) is 11.6. The van der Waals surface area contributed by atoms with E-state index in [1.54, 1.807) is 12.1 Å². The highest BCUT2D eigenvalue weighted by atomic mass is 19.1. The highest BCUT2D eigenvalue weighted by Gasteiger charge is 2.39. The first-order chi connectivity index (χ1) is 10.6. The first-order valence-electron chi connectivity index (χ1n) is 7.94. The minimum Gasteiger partial charge on any atom is -0.377 e. The quantitative estimate of drug-likeness (QED) is 0.706. The zero-order valence-corrected chi connectivity index (χ0v) is 12.9. The van der Waals surface area contributed by atoms with Crippen LogP contribution in [0.4, 0.5) is 10.1 Å². The van der Waals surface area contributed by atoms with E-state index < -0.39 is 0 Å². The Balaban J connectivity index is 1.84. The van der Waals surface area contributed by atoms with Crippen LogP contribution in [0.2, 0.25) is 0 Å². The lowest BCUT2D eigenvalue weighted by molar-refractivity contribution is 0.423. The minimum atomic E-state index is -0.173. The monoisotopic (exact) mass is 293 g/mol. The standard InChI is InChI=1S/C20H20FN/c1-12-6-7-13(2)19-18(12)16-4-3-5-17(16)20(22-19)14-8-10-15(21)11-9-14/h3-4,6-11,16-17,20,22H,5H2,1-2H3/t16-,17-,20-/m1/s1. The molecule has 0 fully saturated rings. The molecule has 2 aliphatic rings. The van der Waals surface area contributed by atoms with Crippen LogP contribution in [0.1, 0.15) is 40.6 Å². The Hall–Kier alpha value is -2.09. The Morgan fingerprint density at radius 2 is 1.73 bits per heavy atom. The van der Waals surface area contributed by atoms with Crippen molar-refractivity contribution in [3.63, 3.8) is 0 Å². The van der Waals surface area contributed by atoms with Crippen LogP contribution in [0.15, 0.2) is 48.6 Å². The molecule has 1 aliphatic carbocycles. The number of benzene rings is 2. The van der Waals surface area contributed by atoms with Crippen molar-refractivity contribution in [2.45, 2.75) is 32.2 Å². The molecule has 3 atom stereocenters. The van der Waals surface area contributed by atoms with Gasteiger partial charge in [-0.3, -0.25) is 0 Å². The number of hydrogen-bond acceptors (Lipinski definition) is 1. The number of rotatable bonds is 1. The fraction of sp³-hybridized carbons (Fsp3) is 0.300. The molecule has 0 bridgehead atoms. The Bertz CT molecular complexity index is 745.